The van der Waals surface area contributed by atoms with Gasteiger partial charge in [-0.15, -0.1) is 0 Å². The van der Waals surface area contributed by atoms with E-state index in [1.807, 2.05) is 13.8 Å². The van der Waals surface area contributed by atoms with Crippen molar-refractivity contribution >= 4 is 0 Å². The molecule has 2 nitrogen and oxygen atoms in total. The maximum absolute atomic E-state index is 9.64. The van der Waals surface area contributed by atoms with Gasteiger partial charge in [-0.05, 0) is 25.7 Å². The summed E-state index contributed by atoms with van der Waals surface area (Å²) in [6, 6.07) is 0. The fourth-order valence-electron chi connectivity index (χ4n) is 2.82. The summed E-state index contributed by atoms with van der Waals surface area (Å²) < 4.78 is 5.78. The Kier molecular flexibility index (Phi) is 2.75. The molecule has 0 aromatic carbocycles. The molecule has 1 N–H and O–H groups in total. The van der Waals surface area contributed by atoms with E-state index in [0.29, 0.717) is 0 Å². The van der Waals surface area contributed by atoms with Gasteiger partial charge < -0.3 is 9.84 Å². The lowest BCUT2D eigenvalue weighted by Crippen LogP contribution is -2.45. The van der Waals surface area contributed by atoms with Crippen LogP contribution in [0.5, 0.6) is 0 Å². The average molecular weight is 200 g/mol. The lowest BCUT2D eigenvalue weighted by molar-refractivity contribution is 0.0421. The summed E-state index contributed by atoms with van der Waals surface area (Å²) in [5.41, 5.74) is 0.0484. The van der Waals surface area contributed by atoms with E-state index >= 15 is 0 Å². The molecule has 0 amide bonds. The van der Waals surface area contributed by atoms with Crippen LogP contribution in [0.2, 0.25) is 0 Å². The zero-order chi connectivity index (χ0) is 11.2. The Hall–Kier alpha value is -0.0800. The molecule has 1 saturated heterocycles. The minimum absolute atomic E-state index is 0.000764. The predicted octanol–water partition coefficient (Wildman–Crippen LogP) is 2.74. The molecule has 84 valence electrons. The highest BCUT2D eigenvalue weighted by molar-refractivity contribution is 5.21. The standard InChI is InChI=1S/C10H18O2.C2H6/c1-8(2)5-7(11)6-9(3)10(8,4)12-9;1-2/h7,11H,5-6H2,1-4H3;1-2H3. The van der Waals surface area contributed by atoms with E-state index in [1.165, 1.54) is 0 Å². The second-order valence-electron chi connectivity index (χ2n) is 5.31. The average Bonchev–Trinajstić information content (AvgIpc) is 2.57. The molecular weight excluding hydrogens is 176 g/mol. The highest BCUT2D eigenvalue weighted by Gasteiger charge is 2.72. The fraction of sp³-hybridized carbons (Fsp3) is 1.00. The smallest absolute Gasteiger partial charge is 0.100 e. The van der Waals surface area contributed by atoms with Gasteiger partial charge in [0, 0.05) is 6.42 Å². The van der Waals surface area contributed by atoms with Gasteiger partial charge in [0.1, 0.15) is 5.60 Å². The van der Waals surface area contributed by atoms with Crippen LogP contribution in [-0.2, 0) is 4.74 Å². The Morgan fingerprint density at radius 1 is 1.07 bits per heavy atom. The van der Waals surface area contributed by atoms with Gasteiger partial charge in [0.15, 0.2) is 0 Å². The van der Waals surface area contributed by atoms with Crippen LogP contribution < -0.4 is 0 Å². The molecule has 2 rings (SSSR count). The third-order valence-corrected chi connectivity index (χ3v) is 4.06. The minimum Gasteiger partial charge on any atom is -0.393 e. The molecule has 14 heavy (non-hydrogen) atoms. The van der Waals surface area contributed by atoms with Gasteiger partial charge in [-0.2, -0.15) is 0 Å². The third-order valence-electron chi connectivity index (χ3n) is 4.06. The zero-order valence-corrected chi connectivity index (χ0v) is 10.3. The maximum atomic E-state index is 9.64. The number of ether oxygens (including phenoxy) is 1. The largest absolute Gasteiger partial charge is 0.393 e. The van der Waals surface area contributed by atoms with Crippen molar-refractivity contribution in [3.63, 3.8) is 0 Å². The quantitative estimate of drug-likeness (QED) is 0.610. The molecule has 2 aliphatic rings. The Bertz CT molecular complexity index is 224. The number of hydrogen-bond acceptors (Lipinski definition) is 2. The molecule has 0 bridgehead atoms. The zero-order valence-electron chi connectivity index (χ0n) is 10.3. The molecule has 0 radical (unpaired) electrons. The van der Waals surface area contributed by atoms with Gasteiger partial charge in [-0.25, -0.2) is 0 Å². The Labute approximate surface area is 87.7 Å². The topological polar surface area (TPSA) is 32.8 Å². The Morgan fingerprint density at radius 3 is 2.00 bits per heavy atom. The highest BCUT2D eigenvalue weighted by atomic mass is 16.6. The molecular formula is C12H24O2. The van der Waals surface area contributed by atoms with Crippen molar-refractivity contribution in [2.45, 2.75) is 71.7 Å². The molecule has 1 aliphatic heterocycles. The molecule has 0 spiro atoms. The Balaban J connectivity index is 0.000000461. The van der Waals surface area contributed by atoms with E-state index in [-0.39, 0.29) is 22.7 Å². The number of hydrogen-bond donors (Lipinski definition) is 1. The van der Waals surface area contributed by atoms with Crippen molar-refractivity contribution in [3.8, 4) is 0 Å². The lowest BCUT2D eigenvalue weighted by atomic mass is 9.64. The summed E-state index contributed by atoms with van der Waals surface area (Å²) in [4.78, 5) is 0. The minimum atomic E-state index is -0.180. The van der Waals surface area contributed by atoms with Crippen molar-refractivity contribution in [1.82, 2.24) is 0 Å². The second kappa shape index (κ2) is 3.21. The molecule has 2 fully saturated rings. The van der Waals surface area contributed by atoms with Crippen molar-refractivity contribution in [1.29, 1.82) is 0 Å². The van der Waals surface area contributed by atoms with E-state index in [9.17, 15) is 5.11 Å². The maximum Gasteiger partial charge on any atom is 0.100 e. The molecule has 1 aliphatic carbocycles. The molecule has 3 unspecified atom stereocenters. The summed E-state index contributed by atoms with van der Waals surface area (Å²) in [5, 5.41) is 9.64. The van der Waals surface area contributed by atoms with Gasteiger partial charge in [0.05, 0.1) is 11.7 Å². The van der Waals surface area contributed by atoms with Gasteiger partial charge in [0.2, 0.25) is 0 Å². The first kappa shape index (κ1) is 12.0. The number of aliphatic hydroxyl groups excluding tert-OH is 1. The molecule has 1 saturated carbocycles. The van der Waals surface area contributed by atoms with Crippen molar-refractivity contribution < 1.29 is 9.84 Å². The molecule has 0 aromatic heterocycles. The fourth-order valence-corrected chi connectivity index (χ4v) is 2.82. The van der Waals surface area contributed by atoms with E-state index in [0.717, 1.165) is 12.8 Å². The summed E-state index contributed by atoms with van der Waals surface area (Å²) in [7, 11) is 0. The number of epoxide rings is 1. The van der Waals surface area contributed by atoms with Crippen LogP contribution in [0, 0.1) is 5.41 Å². The van der Waals surface area contributed by atoms with Crippen LogP contribution in [0.15, 0.2) is 0 Å². The summed E-state index contributed by atoms with van der Waals surface area (Å²) in [5.74, 6) is 0. The SMILES string of the molecule is CC.CC1(C)CC(O)CC2(C)OC12C. The van der Waals surface area contributed by atoms with Crippen LogP contribution in [0.25, 0.3) is 0 Å². The first-order valence-corrected chi connectivity index (χ1v) is 5.69. The highest BCUT2D eigenvalue weighted by Crippen LogP contribution is 2.64. The Morgan fingerprint density at radius 2 is 1.57 bits per heavy atom. The van der Waals surface area contributed by atoms with E-state index < -0.39 is 0 Å². The van der Waals surface area contributed by atoms with Crippen LogP contribution in [-0.4, -0.2) is 22.4 Å². The normalized spacial score (nSPS) is 48.6. The van der Waals surface area contributed by atoms with Gasteiger partial charge in [0.25, 0.3) is 0 Å². The van der Waals surface area contributed by atoms with Gasteiger partial charge in [-0.3, -0.25) is 0 Å². The van der Waals surface area contributed by atoms with Gasteiger partial charge >= 0.3 is 0 Å². The van der Waals surface area contributed by atoms with Crippen molar-refractivity contribution in [3.05, 3.63) is 0 Å². The summed E-state index contributed by atoms with van der Waals surface area (Å²) in [6.07, 6.45) is 1.48. The first-order chi connectivity index (χ1) is 6.31. The van der Waals surface area contributed by atoms with Crippen LogP contribution in [0.3, 0.4) is 0 Å². The van der Waals surface area contributed by atoms with Crippen LogP contribution >= 0.6 is 0 Å². The third kappa shape index (κ3) is 1.40. The summed E-state index contributed by atoms with van der Waals surface area (Å²) in [6.45, 7) is 12.6. The monoisotopic (exact) mass is 200 g/mol. The predicted molar refractivity (Wildman–Crippen MR) is 58.3 cm³/mol. The molecule has 0 aromatic rings. The molecule has 3 atom stereocenters. The van der Waals surface area contributed by atoms with Crippen molar-refractivity contribution in [2.24, 2.45) is 5.41 Å². The second-order valence-corrected chi connectivity index (χ2v) is 5.31. The molecule has 2 heteroatoms. The number of rotatable bonds is 0. The van der Waals surface area contributed by atoms with E-state index in [2.05, 4.69) is 27.7 Å². The lowest BCUT2D eigenvalue weighted by Gasteiger charge is -2.38. The van der Waals surface area contributed by atoms with Gasteiger partial charge in [-0.1, -0.05) is 27.7 Å². The number of fused-ring (bicyclic) bond motifs is 1. The van der Waals surface area contributed by atoms with Crippen LogP contribution in [0.1, 0.15) is 54.4 Å². The summed E-state index contributed by atoms with van der Waals surface area (Å²) >= 11 is 0. The number of aliphatic hydroxyl groups is 1. The van der Waals surface area contributed by atoms with Crippen molar-refractivity contribution in [2.75, 3.05) is 0 Å². The van der Waals surface area contributed by atoms with E-state index in [1.54, 1.807) is 0 Å². The van der Waals surface area contributed by atoms with E-state index in [4.69, 9.17) is 4.74 Å². The molecule has 1 heterocycles. The van der Waals surface area contributed by atoms with Crippen LogP contribution in [0.4, 0.5) is 0 Å². The first-order valence-electron chi connectivity index (χ1n) is 5.69.